The molecule has 0 bridgehead atoms. The highest BCUT2D eigenvalue weighted by atomic mass is 16.5. The van der Waals surface area contributed by atoms with E-state index in [-0.39, 0.29) is 12.5 Å². The second kappa shape index (κ2) is 8.76. The van der Waals surface area contributed by atoms with Gasteiger partial charge in [-0.1, -0.05) is 12.1 Å². The van der Waals surface area contributed by atoms with Crippen LogP contribution >= 0.6 is 0 Å². The SMILES string of the molecule is COc1ccc(OCC(=O)Nc2ccc(Oc3cccc(C)c3)cc2)cc1. The van der Waals surface area contributed by atoms with Gasteiger partial charge in [-0.2, -0.15) is 0 Å². The van der Waals surface area contributed by atoms with Gasteiger partial charge in [-0.3, -0.25) is 4.79 Å². The average molecular weight is 363 g/mol. The first-order valence-corrected chi connectivity index (χ1v) is 8.54. The monoisotopic (exact) mass is 363 g/mol. The molecular weight excluding hydrogens is 342 g/mol. The van der Waals surface area contributed by atoms with E-state index in [0.717, 1.165) is 17.1 Å². The van der Waals surface area contributed by atoms with Crippen molar-refractivity contribution in [3.63, 3.8) is 0 Å². The fourth-order valence-electron chi connectivity index (χ4n) is 2.44. The van der Waals surface area contributed by atoms with E-state index in [1.807, 2.05) is 43.3 Å². The predicted octanol–water partition coefficient (Wildman–Crippen LogP) is 4.81. The predicted molar refractivity (Wildman–Crippen MR) is 105 cm³/mol. The van der Waals surface area contributed by atoms with Crippen molar-refractivity contribution >= 4 is 11.6 Å². The number of aryl methyl sites for hydroxylation is 1. The first-order chi connectivity index (χ1) is 13.1. The van der Waals surface area contributed by atoms with Crippen molar-refractivity contribution in [3.05, 3.63) is 78.4 Å². The number of amides is 1. The zero-order chi connectivity index (χ0) is 19.1. The topological polar surface area (TPSA) is 56.8 Å². The van der Waals surface area contributed by atoms with Crippen molar-refractivity contribution in [2.45, 2.75) is 6.92 Å². The van der Waals surface area contributed by atoms with E-state index in [1.54, 1.807) is 43.5 Å². The lowest BCUT2D eigenvalue weighted by molar-refractivity contribution is -0.118. The van der Waals surface area contributed by atoms with E-state index in [0.29, 0.717) is 17.2 Å². The van der Waals surface area contributed by atoms with Crippen LogP contribution in [-0.4, -0.2) is 19.6 Å². The number of carbonyl (C=O) groups is 1. The summed E-state index contributed by atoms with van der Waals surface area (Å²) in [6.07, 6.45) is 0. The summed E-state index contributed by atoms with van der Waals surface area (Å²) in [5.41, 5.74) is 1.81. The fourth-order valence-corrected chi connectivity index (χ4v) is 2.44. The number of hydrogen-bond donors (Lipinski definition) is 1. The summed E-state index contributed by atoms with van der Waals surface area (Å²) in [5, 5.41) is 2.79. The smallest absolute Gasteiger partial charge is 0.262 e. The molecule has 0 spiro atoms. The lowest BCUT2D eigenvalue weighted by atomic mass is 10.2. The molecular formula is C22H21NO4. The van der Waals surface area contributed by atoms with Crippen LogP contribution in [0.1, 0.15) is 5.56 Å². The lowest BCUT2D eigenvalue weighted by Gasteiger charge is -2.10. The molecule has 0 fully saturated rings. The summed E-state index contributed by atoms with van der Waals surface area (Å²) >= 11 is 0. The van der Waals surface area contributed by atoms with E-state index < -0.39 is 0 Å². The first kappa shape index (κ1) is 18.3. The second-order valence-corrected chi connectivity index (χ2v) is 5.96. The van der Waals surface area contributed by atoms with E-state index in [2.05, 4.69) is 5.32 Å². The highest BCUT2D eigenvalue weighted by molar-refractivity contribution is 5.91. The standard InChI is InChI=1S/C22H21NO4/c1-16-4-3-5-21(14-16)27-20-8-6-17(7-9-20)23-22(24)15-26-19-12-10-18(25-2)11-13-19/h3-14H,15H2,1-2H3,(H,23,24). The number of benzene rings is 3. The minimum atomic E-state index is -0.238. The van der Waals surface area contributed by atoms with Gasteiger partial charge in [0.25, 0.3) is 5.91 Å². The zero-order valence-corrected chi connectivity index (χ0v) is 15.3. The molecule has 0 saturated heterocycles. The molecule has 5 nitrogen and oxygen atoms in total. The third-order valence-corrected chi connectivity index (χ3v) is 3.79. The van der Waals surface area contributed by atoms with Gasteiger partial charge in [-0.25, -0.2) is 0 Å². The van der Waals surface area contributed by atoms with Crippen LogP contribution in [0.5, 0.6) is 23.0 Å². The molecule has 1 amide bonds. The highest BCUT2D eigenvalue weighted by Gasteiger charge is 2.05. The van der Waals surface area contributed by atoms with Crippen LogP contribution in [0.15, 0.2) is 72.8 Å². The van der Waals surface area contributed by atoms with Crippen LogP contribution in [0.25, 0.3) is 0 Å². The first-order valence-electron chi connectivity index (χ1n) is 8.54. The Kier molecular flexibility index (Phi) is 5.94. The van der Waals surface area contributed by atoms with Gasteiger partial charge in [0.05, 0.1) is 7.11 Å². The van der Waals surface area contributed by atoms with Crippen LogP contribution in [0.3, 0.4) is 0 Å². The number of methoxy groups -OCH3 is 1. The molecule has 3 aromatic carbocycles. The molecule has 0 aliphatic carbocycles. The van der Waals surface area contributed by atoms with E-state index in [1.165, 1.54) is 0 Å². The number of ether oxygens (including phenoxy) is 3. The molecule has 0 aromatic heterocycles. The molecule has 0 radical (unpaired) electrons. The summed E-state index contributed by atoms with van der Waals surface area (Å²) in [6, 6.07) is 22.1. The van der Waals surface area contributed by atoms with Crippen LogP contribution < -0.4 is 19.5 Å². The van der Waals surface area contributed by atoms with Gasteiger partial charge in [-0.05, 0) is 73.2 Å². The Morgan fingerprint density at radius 1 is 0.852 bits per heavy atom. The molecule has 0 saturated carbocycles. The summed E-state index contributed by atoms with van der Waals surface area (Å²) in [5.74, 6) is 2.58. The quantitative estimate of drug-likeness (QED) is 0.654. The minimum Gasteiger partial charge on any atom is -0.497 e. The Morgan fingerprint density at radius 2 is 1.52 bits per heavy atom. The lowest BCUT2D eigenvalue weighted by Crippen LogP contribution is -2.20. The van der Waals surface area contributed by atoms with Gasteiger partial charge in [0.1, 0.15) is 23.0 Å². The van der Waals surface area contributed by atoms with Gasteiger partial charge in [0.2, 0.25) is 0 Å². The number of hydrogen-bond acceptors (Lipinski definition) is 4. The Bertz CT molecular complexity index is 889. The van der Waals surface area contributed by atoms with Crippen molar-refractivity contribution < 1.29 is 19.0 Å². The molecule has 1 N–H and O–H groups in total. The third kappa shape index (κ3) is 5.51. The van der Waals surface area contributed by atoms with E-state index in [9.17, 15) is 4.79 Å². The van der Waals surface area contributed by atoms with Crippen molar-refractivity contribution in [1.82, 2.24) is 0 Å². The van der Waals surface area contributed by atoms with Crippen LogP contribution in [-0.2, 0) is 4.79 Å². The second-order valence-electron chi connectivity index (χ2n) is 5.96. The Morgan fingerprint density at radius 3 is 2.19 bits per heavy atom. The minimum absolute atomic E-state index is 0.0755. The molecule has 0 heterocycles. The number of anilines is 1. The van der Waals surface area contributed by atoms with Crippen LogP contribution in [0.4, 0.5) is 5.69 Å². The Balaban J connectivity index is 1.50. The molecule has 138 valence electrons. The summed E-state index contributed by atoms with van der Waals surface area (Å²) < 4.78 is 16.3. The Labute approximate surface area is 158 Å². The summed E-state index contributed by atoms with van der Waals surface area (Å²) in [6.45, 7) is 1.94. The number of rotatable bonds is 7. The van der Waals surface area contributed by atoms with Crippen molar-refractivity contribution in [2.24, 2.45) is 0 Å². The molecule has 0 aliphatic rings. The number of carbonyl (C=O) groups excluding carboxylic acids is 1. The van der Waals surface area contributed by atoms with Crippen LogP contribution in [0, 0.1) is 6.92 Å². The maximum atomic E-state index is 12.0. The Hall–Kier alpha value is -3.47. The maximum absolute atomic E-state index is 12.0. The van der Waals surface area contributed by atoms with Gasteiger partial charge < -0.3 is 19.5 Å². The largest absolute Gasteiger partial charge is 0.497 e. The van der Waals surface area contributed by atoms with Gasteiger partial charge >= 0.3 is 0 Å². The molecule has 0 unspecified atom stereocenters. The zero-order valence-electron chi connectivity index (χ0n) is 15.3. The van der Waals surface area contributed by atoms with Gasteiger partial charge in [0, 0.05) is 5.69 Å². The molecule has 0 atom stereocenters. The van der Waals surface area contributed by atoms with Crippen molar-refractivity contribution in [3.8, 4) is 23.0 Å². The van der Waals surface area contributed by atoms with Gasteiger partial charge in [-0.15, -0.1) is 0 Å². The van der Waals surface area contributed by atoms with E-state index >= 15 is 0 Å². The maximum Gasteiger partial charge on any atom is 0.262 e. The molecule has 0 aliphatic heterocycles. The van der Waals surface area contributed by atoms with Gasteiger partial charge in [0.15, 0.2) is 6.61 Å². The molecule has 3 rings (SSSR count). The summed E-state index contributed by atoms with van der Waals surface area (Å²) in [7, 11) is 1.60. The van der Waals surface area contributed by atoms with E-state index in [4.69, 9.17) is 14.2 Å². The normalized spacial score (nSPS) is 10.1. The summed E-state index contributed by atoms with van der Waals surface area (Å²) in [4.78, 5) is 12.0. The third-order valence-electron chi connectivity index (χ3n) is 3.79. The number of nitrogens with one attached hydrogen (secondary N) is 1. The highest BCUT2D eigenvalue weighted by Crippen LogP contribution is 2.23. The van der Waals surface area contributed by atoms with Crippen molar-refractivity contribution in [2.75, 3.05) is 19.0 Å². The molecule has 5 heteroatoms. The molecule has 27 heavy (non-hydrogen) atoms. The fraction of sp³-hybridized carbons (Fsp3) is 0.136. The molecule has 3 aromatic rings. The van der Waals surface area contributed by atoms with Crippen LogP contribution in [0.2, 0.25) is 0 Å². The average Bonchev–Trinajstić information content (AvgIpc) is 2.68. The van der Waals surface area contributed by atoms with Crippen molar-refractivity contribution in [1.29, 1.82) is 0 Å².